The van der Waals surface area contributed by atoms with Gasteiger partial charge < -0.3 is 13.9 Å². The zero-order valence-corrected chi connectivity index (χ0v) is 11.8. The maximum atomic E-state index is 11.2. The third-order valence-electron chi connectivity index (χ3n) is 2.69. The van der Waals surface area contributed by atoms with Gasteiger partial charge in [-0.25, -0.2) is 5.84 Å². The van der Waals surface area contributed by atoms with E-state index in [0.717, 1.165) is 12.2 Å². The first-order chi connectivity index (χ1) is 10.2. The zero-order chi connectivity index (χ0) is 15.1. The number of carbonyl (C=O) groups is 1. The number of rotatable bonds is 7. The molecule has 0 fully saturated rings. The predicted octanol–water partition coefficient (Wildman–Crippen LogP) is 2.25. The maximum absolute atomic E-state index is 11.2. The Morgan fingerprint density at radius 3 is 2.43 bits per heavy atom. The average Bonchev–Trinajstić information content (AvgIpc) is 3.00. The lowest BCUT2D eigenvalue weighted by Crippen LogP contribution is -2.29. The number of nitrogens with one attached hydrogen (secondary N) is 1. The van der Waals surface area contributed by atoms with Gasteiger partial charge in [-0.05, 0) is 42.8 Å². The van der Waals surface area contributed by atoms with Crippen LogP contribution in [0.5, 0.6) is 11.5 Å². The number of hydrogen-bond acceptors (Lipinski definition) is 5. The van der Waals surface area contributed by atoms with Crippen molar-refractivity contribution in [3.63, 3.8) is 0 Å². The Labute approximate surface area is 122 Å². The Balaban J connectivity index is 1.87. The lowest BCUT2D eigenvalue weighted by Gasteiger charge is -2.07. The van der Waals surface area contributed by atoms with Gasteiger partial charge in [0.05, 0.1) is 6.61 Å². The summed E-state index contributed by atoms with van der Waals surface area (Å²) in [6, 6.07) is 10.6. The first kappa shape index (κ1) is 14.9. The molecule has 6 heteroatoms. The first-order valence-electron chi connectivity index (χ1n) is 6.68. The highest BCUT2D eigenvalue weighted by Gasteiger charge is 2.09. The monoisotopic (exact) mass is 290 g/mol. The summed E-state index contributed by atoms with van der Waals surface area (Å²) in [5.41, 5.74) is 2.00. The summed E-state index contributed by atoms with van der Waals surface area (Å²) in [6.45, 7) is 2.98. The Kier molecular flexibility index (Phi) is 5.22. The fourth-order valence-corrected chi connectivity index (χ4v) is 1.66. The Morgan fingerprint density at radius 2 is 1.81 bits per heavy atom. The Hall–Kier alpha value is -2.47. The third-order valence-corrected chi connectivity index (χ3v) is 2.69. The van der Waals surface area contributed by atoms with Crippen LogP contribution in [-0.2, 0) is 6.61 Å². The molecule has 0 radical (unpaired) electrons. The SMILES string of the molecule is CCCOc1ccc(OCc2ccc(C(=O)NN)o2)cc1. The second-order valence-corrected chi connectivity index (χ2v) is 4.35. The van der Waals surface area contributed by atoms with E-state index in [2.05, 4.69) is 6.92 Å². The van der Waals surface area contributed by atoms with Crippen molar-refractivity contribution >= 4 is 5.91 Å². The molecule has 1 aromatic carbocycles. The molecule has 0 aliphatic heterocycles. The molecule has 2 aromatic rings. The number of nitrogen functional groups attached to an aromatic ring is 1. The van der Waals surface area contributed by atoms with E-state index in [4.69, 9.17) is 19.7 Å². The normalized spacial score (nSPS) is 10.2. The fraction of sp³-hybridized carbons (Fsp3) is 0.267. The number of furan rings is 1. The van der Waals surface area contributed by atoms with E-state index in [1.807, 2.05) is 29.7 Å². The number of hydrogen-bond donors (Lipinski definition) is 2. The molecule has 0 spiro atoms. The van der Waals surface area contributed by atoms with Crippen LogP contribution < -0.4 is 20.7 Å². The van der Waals surface area contributed by atoms with Gasteiger partial charge in [0.15, 0.2) is 5.76 Å². The summed E-state index contributed by atoms with van der Waals surface area (Å²) in [7, 11) is 0. The summed E-state index contributed by atoms with van der Waals surface area (Å²) < 4.78 is 16.3. The molecule has 1 aromatic heterocycles. The minimum atomic E-state index is -0.473. The lowest BCUT2D eigenvalue weighted by atomic mass is 10.3. The Morgan fingerprint density at radius 1 is 1.14 bits per heavy atom. The highest BCUT2D eigenvalue weighted by atomic mass is 16.5. The standard InChI is InChI=1S/C15H18N2O4/c1-2-9-19-11-3-5-12(6-4-11)20-10-13-7-8-14(21-13)15(18)17-16/h3-8H,2,9-10,16H2,1H3,(H,17,18). The number of benzene rings is 1. The molecule has 2 rings (SSSR count). The van der Waals surface area contributed by atoms with Crippen molar-refractivity contribution in [3.05, 3.63) is 47.9 Å². The molecule has 0 saturated carbocycles. The molecule has 0 aliphatic carbocycles. The predicted molar refractivity (Wildman–Crippen MR) is 76.9 cm³/mol. The summed E-state index contributed by atoms with van der Waals surface area (Å²) in [5.74, 6) is 6.75. The Bertz CT molecular complexity index is 578. The second-order valence-electron chi connectivity index (χ2n) is 4.35. The van der Waals surface area contributed by atoms with Crippen LogP contribution in [0.25, 0.3) is 0 Å². The van der Waals surface area contributed by atoms with Crippen LogP contribution in [0, 0.1) is 0 Å². The van der Waals surface area contributed by atoms with Crippen LogP contribution in [-0.4, -0.2) is 12.5 Å². The van der Waals surface area contributed by atoms with E-state index in [9.17, 15) is 4.79 Å². The summed E-state index contributed by atoms with van der Waals surface area (Å²) in [4.78, 5) is 11.2. The van der Waals surface area contributed by atoms with E-state index in [1.165, 1.54) is 0 Å². The number of nitrogens with two attached hydrogens (primary N) is 1. The van der Waals surface area contributed by atoms with Gasteiger partial charge in [0.25, 0.3) is 0 Å². The molecule has 0 aliphatic rings. The van der Waals surface area contributed by atoms with Crippen molar-refractivity contribution in [1.29, 1.82) is 0 Å². The van der Waals surface area contributed by atoms with Crippen molar-refractivity contribution in [2.75, 3.05) is 6.61 Å². The minimum absolute atomic E-state index is 0.152. The zero-order valence-electron chi connectivity index (χ0n) is 11.8. The van der Waals surface area contributed by atoms with Crippen LogP contribution >= 0.6 is 0 Å². The highest BCUT2D eigenvalue weighted by molar-refractivity contribution is 5.90. The van der Waals surface area contributed by atoms with Gasteiger partial charge in [-0.15, -0.1) is 0 Å². The van der Waals surface area contributed by atoms with Gasteiger partial charge in [-0.1, -0.05) is 6.92 Å². The third kappa shape index (κ3) is 4.25. The summed E-state index contributed by atoms with van der Waals surface area (Å²) in [6.07, 6.45) is 0.968. The number of ether oxygens (including phenoxy) is 2. The van der Waals surface area contributed by atoms with Crippen molar-refractivity contribution < 1.29 is 18.7 Å². The highest BCUT2D eigenvalue weighted by Crippen LogP contribution is 2.19. The van der Waals surface area contributed by atoms with Gasteiger partial charge in [0.1, 0.15) is 23.9 Å². The maximum Gasteiger partial charge on any atom is 0.300 e. The van der Waals surface area contributed by atoms with Crippen molar-refractivity contribution in [3.8, 4) is 11.5 Å². The van der Waals surface area contributed by atoms with E-state index < -0.39 is 5.91 Å². The van der Waals surface area contributed by atoms with Gasteiger partial charge in [0.2, 0.25) is 0 Å². The van der Waals surface area contributed by atoms with E-state index in [-0.39, 0.29) is 12.4 Å². The van der Waals surface area contributed by atoms with E-state index in [1.54, 1.807) is 12.1 Å². The van der Waals surface area contributed by atoms with Gasteiger partial charge in [-0.2, -0.15) is 0 Å². The molecule has 1 amide bonds. The van der Waals surface area contributed by atoms with Crippen molar-refractivity contribution in [2.24, 2.45) is 5.84 Å². The topological polar surface area (TPSA) is 86.7 Å². The van der Waals surface area contributed by atoms with E-state index >= 15 is 0 Å². The minimum Gasteiger partial charge on any atom is -0.494 e. The quantitative estimate of drug-likeness (QED) is 0.464. The number of carbonyl (C=O) groups excluding carboxylic acids is 1. The molecule has 3 N–H and O–H groups in total. The van der Waals surface area contributed by atoms with Gasteiger partial charge in [-0.3, -0.25) is 10.2 Å². The molecular formula is C15H18N2O4. The molecule has 0 atom stereocenters. The lowest BCUT2D eigenvalue weighted by molar-refractivity contribution is 0.0922. The molecule has 0 bridgehead atoms. The fourth-order valence-electron chi connectivity index (χ4n) is 1.66. The van der Waals surface area contributed by atoms with Crippen LogP contribution in [0.4, 0.5) is 0 Å². The van der Waals surface area contributed by atoms with E-state index in [0.29, 0.717) is 18.1 Å². The molecule has 6 nitrogen and oxygen atoms in total. The molecule has 1 heterocycles. The van der Waals surface area contributed by atoms with Crippen LogP contribution in [0.15, 0.2) is 40.8 Å². The average molecular weight is 290 g/mol. The summed E-state index contributed by atoms with van der Waals surface area (Å²) in [5, 5.41) is 0. The summed E-state index contributed by atoms with van der Waals surface area (Å²) >= 11 is 0. The first-order valence-corrected chi connectivity index (χ1v) is 6.68. The van der Waals surface area contributed by atoms with Crippen molar-refractivity contribution in [1.82, 2.24) is 5.43 Å². The van der Waals surface area contributed by atoms with Crippen molar-refractivity contribution in [2.45, 2.75) is 20.0 Å². The molecule has 112 valence electrons. The van der Waals surface area contributed by atoms with Crippen LogP contribution in [0.1, 0.15) is 29.7 Å². The number of amides is 1. The molecule has 0 unspecified atom stereocenters. The smallest absolute Gasteiger partial charge is 0.300 e. The second kappa shape index (κ2) is 7.35. The molecule has 0 saturated heterocycles. The van der Waals surface area contributed by atoms with Crippen LogP contribution in [0.2, 0.25) is 0 Å². The molecular weight excluding hydrogens is 272 g/mol. The van der Waals surface area contributed by atoms with Crippen LogP contribution in [0.3, 0.4) is 0 Å². The van der Waals surface area contributed by atoms with Gasteiger partial charge in [0, 0.05) is 0 Å². The number of hydrazine groups is 1. The largest absolute Gasteiger partial charge is 0.494 e. The van der Waals surface area contributed by atoms with Gasteiger partial charge >= 0.3 is 5.91 Å². The molecule has 21 heavy (non-hydrogen) atoms.